The Morgan fingerprint density at radius 2 is 1.92 bits per heavy atom. The normalized spacial score (nSPS) is 19.3. The Kier molecular flexibility index (Phi) is 5.87. The van der Waals surface area contributed by atoms with Gasteiger partial charge in [0.1, 0.15) is 11.6 Å². The minimum atomic E-state index is -1.67. The van der Waals surface area contributed by atoms with Gasteiger partial charge in [-0.15, -0.1) is 0 Å². The molecule has 0 radical (unpaired) electrons. The first-order valence-corrected chi connectivity index (χ1v) is 9.19. The molecule has 1 aliphatic carbocycles. The predicted molar refractivity (Wildman–Crippen MR) is 102 cm³/mol. The molecule has 3 rings (SSSR count). The largest absolute Gasteiger partial charge is 0.494 e. The molecule has 0 heterocycles. The maximum atomic E-state index is 15.9. The molecule has 1 aliphatic rings. The fraction of sp³-hybridized carbons (Fsp3) is 0.304. The molecule has 2 aromatic rings. The smallest absolute Gasteiger partial charge is 0.162 e. The van der Waals surface area contributed by atoms with Crippen molar-refractivity contribution in [2.45, 2.75) is 38.3 Å². The number of ether oxygens (including phenoxy) is 1. The lowest BCUT2D eigenvalue weighted by molar-refractivity contribution is 0.185. The minimum absolute atomic E-state index is 0.237. The summed E-state index contributed by atoms with van der Waals surface area (Å²) < 4.78 is 35.3. The third-order valence-corrected chi connectivity index (χ3v) is 4.60. The third-order valence-electron chi connectivity index (χ3n) is 4.60. The number of hydrogen-bond acceptors (Lipinski definition) is 1. The van der Waals surface area contributed by atoms with E-state index in [0.717, 1.165) is 19.3 Å². The van der Waals surface area contributed by atoms with Crippen LogP contribution in [0.1, 0.15) is 38.2 Å². The summed E-state index contributed by atoms with van der Waals surface area (Å²) >= 11 is 0. The number of hydrogen-bond donors (Lipinski definition) is 0. The summed E-state index contributed by atoms with van der Waals surface area (Å²) in [5.74, 6) is 0.230. The van der Waals surface area contributed by atoms with Crippen molar-refractivity contribution < 1.29 is 13.5 Å². The summed E-state index contributed by atoms with van der Waals surface area (Å²) in [6, 6.07) is 13.5. The van der Waals surface area contributed by atoms with E-state index in [9.17, 15) is 4.39 Å². The topological polar surface area (TPSA) is 9.23 Å². The Morgan fingerprint density at radius 3 is 2.73 bits per heavy atom. The van der Waals surface area contributed by atoms with Crippen LogP contribution in [0.3, 0.4) is 0 Å². The van der Waals surface area contributed by atoms with Gasteiger partial charge in [0.25, 0.3) is 0 Å². The number of unbranched alkanes of at least 4 members (excludes halogenated alkanes) is 2. The Bertz CT molecular complexity index is 809. The van der Waals surface area contributed by atoms with E-state index in [1.165, 1.54) is 12.1 Å². The fourth-order valence-corrected chi connectivity index (χ4v) is 3.25. The van der Waals surface area contributed by atoms with Crippen LogP contribution in [0.2, 0.25) is 0 Å². The van der Waals surface area contributed by atoms with Crippen LogP contribution in [-0.2, 0) is 10.4 Å². The highest BCUT2D eigenvalue weighted by atomic mass is 19.1. The minimum Gasteiger partial charge on any atom is -0.494 e. The molecule has 0 spiro atoms. The van der Waals surface area contributed by atoms with Gasteiger partial charge in [0.2, 0.25) is 0 Å². The lowest BCUT2D eigenvalue weighted by Gasteiger charge is -2.27. The number of halogens is 2. The van der Waals surface area contributed by atoms with Gasteiger partial charge >= 0.3 is 0 Å². The highest BCUT2D eigenvalue weighted by Crippen LogP contribution is 2.41. The molecule has 26 heavy (non-hydrogen) atoms. The molecular weight excluding hydrogens is 330 g/mol. The maximum Gasteiger partial charge on any atom is 0.162 e. The van der Waals surface area contributed by atoms with Gasteiger partial charge in [0.15, 0.2) is 5.67 Å². The van der Waals surface area contributed by atoms with Crippen molar-refractivity contribution in [2.24, 2.45) is 0 Å². The summed E-state index contributed by atoms with van der Waals surface area (Å²) in [6.07, 6.45) is 8.59. The average molecular weight is 354 g/mol. The monoisotopic (exact) mass is 354 g/mol. The first-order chi connectivity index (χ1) is 12.6. The number of alkyl halides is 1. The molecule has 0 fully saturated rings. The lowest BCUT2D eigenvalue weighted by atomic mass is 9.84. The zero-order valence-electron chi connectivity index (χ0n) is 15.1. The SMILES string of the molecule is CCCCCOC1=CC(F)(c2ccccc2-c2cccc(F)c2)CC=C1. The molecule has 1 atom stereocenters. The molecule has 0 saturated carbocycles. The zero-order valence-corrected chi connectivity index (χ0v) is 15.1. The van der Waals surface area contributed by atoms with Crippen molar-refractivity contribution in [3.63, 3.8) is 0 Å². The first kappa shape index (κ1) is 18.4. The Balaban J connectivity index is 1.90. The van der Waals surface area contributed by atoms with Gasteiger partial charge in [-0.3, -0.25) is 0 Å². The van der Waals surface area contributed by atoms with E-state index in [2.05, 4.69) is 6.92 Å². The Hall–Kier alpha value is -2.42. The van der Waals surface area contributed by atoms with E-state index >= 15 is 4.39 Å². The number of allylic oxidation sites excluding steroid dienone is 3. The highest BCUT2D eigenvalue weighted by molar-refractivity contribution is 5.69. The zero-order chi connectivity index (χ0) is 18.4. The van der Waals surface area contributed by atoms with Gasteiger partial charge in [0.05, 0.1) is 6.61 Å². The summed E-state index contributed by atoms with van der Waals surface area (Å²) in [7, 11) is 0. The summed E-state index contributed by atoms with van der Waals surface area (Å²) in [5, 5.41) is 0. The number of benzene rings is 2. The van der Waals surface area contributed by atoms with E-state index < -0.39 is 5.67 Å². The van der Waals surface area contributed by atoms with Crippen LogP contribution >= 0.6 is 0 Å². The maximum absolute atomic E-state index is 15.9. The van der Waals surface area contributed by atoms with Gasteiger partial charge < -0.3 is 4.74 Å². The molecule has 0 bridgehead atoms. The van der Waals surface area contributed by atoms with E-state index in [-0.39, 0.29) is 12.2 Å². The van der Waals surface area contributed by atoms with Crippen molar-refractivity contribution in [1.29, 1.82) is 0 Å². The van der Waals surface area contributed by atoms with E-state index in [0.29, 0.717) is 29.1 Å². The van der Waals surface area contributed by atoms with Crippen molar-refractivity contribution >= 4 is 0 Å². The molecule has 0 amide bonds. The summed E-state index contributed by atoms with van der Waals surface area (Å²) in [4.78, 5) is 0. The van der Waals surface area contributed by atoms with Crippen LogP contribution in [0.15, 0.2) is 72.5 Å². The van der Waals surface area contributed by atoms with Crippen LogP contribution in [0.4, 0.5) is 8.78 Å². The van der Waals surface area contributed by atoms with Crippen LogP contribution in [0.25, 0.3) is 11.1 Å². The van der Waals surface area contributed by atoms with Crippen molar-refractivity contribution in [1.82, 2.24) is 0 Å². The summed E-state index contributed by atoms with van der Waals surface area (Å²) in [5.41, 5.74) is 0.236. The second kappa shape index (κ2) is 8.31. The first-order valence-electron chi connectivity index (χ1n) is 9.19. The molecule has 2 aromatic carbocycles. The van der Waals surface area contributed by atoms with Crippen LogP contribution in [0.5, 0.6) is 0 Å². The molecule has 0 N–H and O–H groups in total. The molecule has 0 saturated heterocycles. The average Bonchev–Trinajstić information content (AvgIpc) is 2.65. The van der Waals surface area contributed by atoms with Gasteiger partial charge in [-0.25, -0.2) is 8.78 Å². The molecule has 1 unspecified atom stereocenters. The quantitative estimate of drug-likeness (QED) is 0.502. The van der Waals surface area contributed by atoms with Gasteiger partial charge in [-0.05, 0) is 41.8 Å². The van der Waals surface area contributed by atoms with Crippen LogP contribution in [-0.4, -0.2) is 6.61 Å². The van der Waals surface area contributed by atoms with E-state index in [1.54, 1.807) is 30.4 Å². The molecule has 0 aromatic heterocycles. The van der Waals surface area contributed by atoms with E-state index in [4.69, 9.17) is 4.74 Å². The Morgan fingerprint density at radius 1 is 1.08 bits per heavy atom. The van der Waals surface area contributed by atoms with E-state index in [1.807, 2.05) is 24.3 Å². The molecule has 0 aliphatic heterocycles. The fourth-order valence-electron chi connectivity index (χ4n) is 3.25. The van der Waals surface area contributed by atoms with Crippen LogP contribution in [0, 0.1) is 5.82 Å². The Labute approximate surface area is 154 Å². The molecule has 136 valence electrons. The van der Waals surface area contributed by atoms with Crippen LogP contribution < -0.4 is 0 Å². The molecule has 3 heteroatoms. The van der Waals surface area contributed by atoms with Crippen molar-refractivity contribution in [3.8, 4) is 11.1 Å². The second-order valence-corrected chi connectivity index (χ2v) is 6.63. The van der Waals surface area contributed by atoms with Crippen molar-refractivity contribution in [2.75, 3.05) is 6.61 Å². The lowest BCUT2D eigenvalue weighted by Crippen LogP contribution is -2.21. The second-order valence-electron chi connectivity index (χ2n) is 6.63. The highest BCUT2D eigenvalue weighted by Gasteiger charge is 2.33. The number of rotatable bonds is 7. The van der Waals surface area contributed by atoms with Crippen molar-refractivity contribution in [3.05, 3.63) is 83.9 Å². The molecule has 1 nitrogen and oxygen atoms in total. The predicted octanol–water partition coefficient (Wildman–Crippen LogP) is 6.71. The summed E-state index contributed by atoms with van der Waals surface area (Å²) in [6.45, 7) is 2.72. The van der Waals surface area contributed by atoms with Gasteiger partial charge in [-0.2, -0.15) is 0 Å². The third kappa shape index (κ3) is 4.21. The van der Waals surface area contributed by atoms with Gasteiger partial charge in [-0.1, -0.05) is 62.2 Å². The molecular formula is C23H24F2O. The standard InChI is InChI=1S/C23H24F2O/c1-2-3-6-15-26-20-11-8-14-23(25,17-20)22-13-5-4-12-21(22)18-9-7-10-19(24)16-18/h4-5,7-13,16-17H,2-3,6,14-15H2,1H3. The van der Waals surface area contributed by atoms with Gasteiger partial charge in [0, 0.05) is 12.0 Å².